The second-order valence-corrected chi connectivity index (χ2v) is 1.88. The van der Waals surface area contributed by atoms with Gasteiger partial charge in [-0.3, -0.25) is 5.43 Å². The van der Waals surface area contributed by atoms with E-state index in [9.17, 15) is 0 Å². The summed E-state index contributed by atoms with van der Waals surface area (Å²) in [6.45, 7) is 0. The molecule has 44 valence electrons. The van der Waals surface area contributed by atoms with Crippen LogP contribution in [0.4, 0.5) is 0 Å². The summed E-state index contributed by atoms with van der Waals surface area (Å²) in [5, 5.41) is 4.04. The van der Waals surface area contributed by atoms with Gasteiger partial charge in [0.1, 0.15) is 5.16 Å². The maximum Gasteiger partial charge on any atom is 0.125 e. The van der Waals surface area contributed by atoms with Crippen LogP contribution in [0.2, 0.25) is 0 Å². The molecule has 0 bridgehead atoms. The number of halogens is 2. The van der Waals surface area contributed by atoms with E-state index in [1.54, 1.807) is 6.08 Å². The van der Waals surface area contributed by atoms with Gasteiger partial charge in [-0.15, -0.1) is 9.74 Å². The van der Waals surface area contributed by atoms with Gasteiger partial charge < -0.3 is 0 Å². The minimum Gasteiger partial charge on any atom is -0.256 e. The maximum absolute atomic E-state index is 5.44. The van der Waals surface area contributed by atoms with Crippen LogP contribution in [-0.4, -0.2) is 10.9 Å². The van der Waals surface area contributed by atoms with E-state index in [0.717, 1.165) is 4.64 Å². The van der Waals surface area contributed by atoms with E-state index in [4.69, 9.17) is 23.4 Å². The van der Waals surface area contributed by atoms with Gasteiger partial charge in [-0.2, -0.15) is 0 Å². The highest BCUT2D eigenvalue weighted by atomic mass is 35.5. The molecule has 5 heteroatoms. The van der Waals surface area contributed by atoms with E-state index in [0.29, 0.717) is 5.16 Å². The molecule has 1 aliphatic rings. The zero-order valence-electron chi connectivity index (χ0n) is 3.81. The Balaban J connectivity index is 2.59. The van der Waals surface area contributed by atoms with Crippen LogP contribution in [0.25, 0.3) is 0 Å². The number of hydrazine groups is 1. The SMILES string of the molecule is ClC1=CC=NN(Cl)N1. The van der Waals surface area contributed by atoms with Gasteiger partial charge in [0.2, 0.25) is 0 Å². The lowest BCUT2D eigenvalue weighted by Crippen LogP contribution is -2.24. The monoisotopic (exact) mass is 151 g/mol. The summed E-state index contributed by atoms with van der Waals surface area (Å²) >= 11 is 10.8. The van der Waals surface area contributed by atoms with E-state index < -0.39 is 0 Å². The highest BCUT2D eigenvalue weighted by Crippen LogP contribution is 2.02. The van der Waals surface area contributed by atoms with Crippen LogP contribution in [0.1, 0.15) is 0 Å². The average molecular weight is 152 g/mol. The minimum absolute atomic E-state index is 0.454. The highest BCUT2D eigenvalue weighted by Gasteiger charge is 1.98. The highest BCUT2D eigenvalue weighted by molar-refractivity contribution is 6.30. The molecule has 0 amide bonds. The van der Waals surface area contributed by atoms with Crippen molar-refractivity contribution in [3.63, 3.8) is 0 Å². The molecule has 1 aliphatic heterocycles. The lowest BCUT2D eigenvalue weighted by atomic mass is 10.6. The Bertz CT molecular complexity index is 141. The summed E-state index contributed by atoms with van der Waals surface area (Å²) in [6.07, 6.45) is 3.09. The van der Waals surface area contributed by atoms with Crippen molar-refractivity contribution in [2.45, 2.75) is 0 Å². The molecule has 0 saturated heterocycles. The van der Waals surface area contributed by atoms with Gasteiger partial charge in [-0.1, -0.05) is 11.6 Å². The van der Waals surface area contributed by atoms with Crippen molar-refractivity contribution < 1.29 is 0 Å². The van der Waals surface area contributed by atoms with Crippen LogP contribution < -0.4 is 5.43 Å². The van der Waals surface area contributed by atoms with Crippen molar-refractivity contribution in [3.8, 4) is 0 Å². The van der Waals surface area contributed by atoms with E-state index in [-0.39, 0.29) is 0 Å². The maximum atomic E-state index is 5.44. The van der Waals surface area contributed by atoms with Crippen molar-refractivity contribution in [2.75, 3.05) is 0 Å². The number of hydrogen-bond donors (Lipinski definition) is 1. The van der Waals surface area contributed by atoms with E-state index >= 15 is 0 Å². The number of rotatable bonds is 0. The fourth-order valence-corrected chi connectivity index (χ4v) is 0.633. The minimum atomic E-state index is 0.454. The number of nitrogens with one attached hydrogen (secondary N) is 1. The molecule has 0 aromatic carbocycles. The van der Waals surface area contributed by atoms with Gasteiger partial charge in [0.05, 0.1) is 18.0 Å². The van der Waals surface area contributed by atoms with Crippen LogP contribution in [0.3, 0.4) is 0 Å². The fraction of sp³-hybridized carbons (Fsp3) is 0. The summed E-state index contributed by atoms with van der Waals surface area (Å²) in [7, 11) is 0. The lowest BCUT2D eigenvalue weighted by Gasteiger charge is -2.12. The van der Waals surface area contributed by atoms with Gasteiger partial charge >= 0.3 is 0 Å². The molecule has 0 aromatic rings. The summed E-state index contributed by atoms with van der Waals surface area (Å²) in [6, 6.07) is 0. The number of nitrogens with zero attached hydrogens (tertiary/aromatic N) is 2. The second kappa shape index (κ2) is 2.24. The van der Waals surface area contributed by atoms with E-state index in [1.807, 2.05) is 0 Å². The molecule has 0 saturated carbocycles. The molecule has 0 spiro atoms. The summed E-state index contributed by atoms with van der Waals surface area (Å²) in [4.78, 5) is 0. The molecule has 1 heterocycles. The molecule has 8 heavy (non-hydrogen) atoms. The molecule has 1 N–H and O–H groups in total. The number of hydrazone groups is 1. The molecule has 0 unspecified atom stereocenters. The topological polar surface area (TPSA) is 27.6 Å². The van der Waals surface area contributed by atoms with Crippen LogP contribution >= 0.6 is 23.4 Å². The molecule has 0 aromatic heterocycles. The smallest absolute Gasteiger partial charge is 0.125 e. The first-order chi connectivity index (χ1) is 3.79. The number of allylic oxidation sites excluding steroid dienone is 1. The Morgan fingerprint density at radius 2 is 2.50 bits per heavy atom. The van der Waals surface area contributed by atoms with Crippen LogP contribution in [0, 0.1) is 0 Å². The molecule has 0 radical (unpaired) electrons. The van der Waals surface area contributed by atoms with E-state index in [2.05, 4.69) is 10.5 Å². The third kappa shape index (κ3) is 1.28. The molecule has 0 fully saturated rings. The van der Waals surface area contributed by atoms with Crippen molar-refractivity contribution in [1.82, 2.24) is 10.1 Å². The largest absolute Gasteiger partial charge is 0.256 e. The predicted molar refractivity (Wildman–Crippen MR) is 33.3 cm³/mol. The van der Waals surface area contributed by atoms with Crippen molar-refractivity contribution in [1.29, 1.82) is 0 Å². The summed E-state index contributed by atoms with van der Waals surface area (Å²) in [5.74, 6) is 0. The standard InChI is InChI=1S/C3H3Cl2N3/c4-3-1-2-6-8(5)7-3/h1-2,7H. The molecular weight excluding hydrogens is 149 g/mol. The average Bonchev–Trinajstić information content (AvgIpc) is 1.64. The second-order valence-electron chi connectivity index (χ2n) is 1.15. The first kappa shape index (κ1) is 5.72. The van der Waals surface area contributed by atoms with Crippen LogP contribution in [-0.2, 0) is 0 Å². The van der Waals surface area contributed by atoms with E-state index in [1.165, 1.54) is 6.21 Å². The predicted octanol–water partition coefficient (Wildman–Crippen LogP) is 1.03. The Hall–Kier alpha value is -0.410. The van der Waals surface area contributed by atoms with Gasteiger partial charge in [-0.05, 0) is 6.08 Å². The Morgan fingerprint density at radius 1 is 1.75 bits per heavy atom. The third-order valence-corrected chi connectivity index (χ3v) is 0.970. The van der Waals surface area contributed by atoms with Crippen molar-refractivity contribution in [3.05, 3.63) is 11.2 Å². The fourth-order valence-electron chi connectivity index (χ4n) is 0.312. The molecule has 1 rings (SSSR count). The normalized spacial score (nSPS) is 17.8. The Morgan fingerprint density at radius 3 is 2.88 bits per heavy atom. The summed E-state index contributed by atoms with van der Waals surface area (Å²) in [5.41, 5.74) is 2.51. The summed E-state index contributed by atoms with van der Waals surface area (Å²) < 4.78 is 1.00. The number of hydrogen-bond acceptors (Lipinski definition) is 3. The van der Waals surface area contributed by atoms with Crippen LogP contribution in [0.15, 0.2) is 16.3 Å². The Kier molecular flexibility index (Phi) is 1.60. The zero-order chi connectivity index (χ0) is 5.98. The van der Waals surface area contributed by atoms with Gasteiger partial charge in [0, 0.05) is 0 Å². The lowest BCUT2D eigenvalue weighted by molar-refractivity contribution is 0.408. The van der Waals surface area contributed by atoms with Gasteiger partial charge in [0.25, 0.3) is 0 Å². The molecule has 3 nitrogen and oxygen atoms in total. The Labute approximate surface area is 56.6 Å². The van der Waals surface area contributed by atoms with Gasteiger partial charge in [0.15, 0.2) is 0 Å². The first-order valence-electron chi connectivity index (χ1n) is 1.91. The van der Waals surface area contributed by atoms with Crippen LogP contribution in [0.5, 0.6) is 0 Å². The third-order valence-electron chi connectivity index (χ3n) is 0.588. The van der Waals surface area contributed by atoms with Crippen molar-refractivity contribution in [2.24, 2.45) is 5.10 Å². The van der Waals surface area contributed by atoms with Crippen molar-refractivity contribution >= 4 is 29.6 Å². The zero-order valence-corrected chi connectivity index (χ0v) is 5.32. The molecular formula is C3H3Cl2N3. The molecule has 0 aliphatic carbocycles. The molecule has 0 atom stereocenters. The first-order valence-corrected chi connectivity index (χ1v) is 2.63. The quantitative estimate of drug-likeness (QED) is 0.414. The van der Waals surface area contributed by atoms with Gasteiger partial charge in [-0.25, -0.2) is 0 Å².